The molecule has 0 bridgehead atoms. The van der Waals surface area contributed by atoms with Gasteiger partial charge in [0.25, 0.3) is 0 Å². The summed E-state index contributed by atoms with van der Waals surface area (Å²) in [6.07, 6.45) is -2.51. The Balaban J connectivity index is 2.06. The first-order chi connectivity index (χ1) is 21.4. The molecule has 45 heavy (non-hydrogen) atoms. The molecule has 244 valence electrons. The summed E-state index contributed by atoms with van der Waals surface area (Å²) >= 11 is 6.64. The summed E-state index contributed by atoms with van der Waals surface area (Å²) in [5, 5.41) is 0.456. The molecular weight excluding hydrogens is 608 g/mol. The number of methoxy groups -OCH3 is 1. The number of carbonyl (C=O) groups excluding carboxylic acids is 4. The minimum atomic E-state index is -1.91. The predicted molar refractivity (Wildman–Crippen MR) is 162 cm³/mol. The van der Waals surface area contributed by atoms with Crippen LogP contribution < -0.4 is 0 Å². The van der Waals surface area contributed by atoms with E-state index in [-0.39, 0.29) is 0 Å². The molecule has 0 radical (unpaired) electrons. The monoisotopic (exact) mass is 646 g/mol. The van der Waals surface area contributed by atoms with Crippen LogP contribution in [0.5, 0.6) is 0 Å². The van der Waals surface area contributed by atoms with Crippen molar-refractivity contribution in [2.24, 2.45) is 0 Å². The topological polar surface area (TPSA) is 133 Å². The number of rotatable bonds is 14. The molecule has 0 unspecified atom stereocenters. The van der Waals surface area contributed by atoms with Gasteiger partial charge in [-0.2, -0.15) is 0 Å². The highest BCUT2D eigenvalue weighted by molar-refractivity contribution is 6.31. The Morgan fingerprint density at radius 1 is 0.889 bits per heavy atom. The van der Waals surface area contributed by atoms with E-state index < -0.39 is 60.7 Å². The first kappa shape index (κ1) is 35.7. The van der Waals surface area contributed by atoms with Crippen LogP contribution in [0.2, 0.25) is 5.02 Å². The fourth-order valence-electron chi connectivity index (χ4n) is 5.11. The molecule has 0 amide bonds. The van der Waals surface area contributed by atoms with Gasteiger partial charge < -0.3 is 33.2 Å². The number of esters is 4. The van der Waals surface area contributed by atoms with Crippen molar-refractivity contribution in [3.8, 4) is 0 Å². The van der Waals surface area contributed by atoms with Crippen LogP contribution in [0.3, 0.4) is 0 Å². The lowest BCUT2D eigenvalue weighted by Gasteiger charge is -2.50. The summed E-state index contributed by atoms with van der Waals surface area (Å²) in [4.78, 5) is 48.6. The van der Waals surface area contributed by atoms with Gasteiger partial charge in [-0.3, -0.25) is 19.2 Å². The summed E-state index contributed by atoms with van der Waals surface area (Å²) in [7, 11) is 1.32. The highest BCUT2D eigenvalue weighted by Crippen LogP contribution is 2.44. The highest BCUT2D eigenvalue weighted by Gasteiger charge is 2.61. The van der Waals surface area contributed by atoms with Crippen LogP contribution in [0, 0.1) is 0 Å². The van der Waals surface area contributed by atoms with E-state index in [1.54, 1.807) is 24.3 Å². The largest absolute Gasteiger partial charge is 0.463 e. The summed E-state index contributed by atoms with van der Waals surface area (Å²) in [6.45, 7) is 9.00. The highest BCUT2D eigenvalue weighted by atomic mass is 35.5. The summed E-state index contributed by atoms with van der Waals surface area (Å²) in [6, 6.07) is 13.0. The van der Waals surface area contributed by atoms with Gasteiger partial charge in [0.15, 0.2) is 12.2 Å². The van der Waals surface area contributed by atoms with Crippen molar-refractivity contribution in [1.82, 2.24) is 0 Å². The lowest BCUT2D eigenvalue weighted by molar-refractivity contribution is -0.367. The van der Waals surface area contributed by atoms with Gasteiger partial charge in [-0.05, 0) is 41.7 Å². The first-order valence-electron chi connectivity index (χ1n) is 14.3. The fraction of sp³-hybridized carbons (Fsp3) is 0.455. The van der Waals surface area contributed by atoms with Gasteiger partial charge in [-0.25, -0.2) is 0 Å². The van der Waals surface area contributed by atoms with Crippen molar-refractivity contribution in [2.45, 2.75) is 70.7 Å². The third kappa shape index (κ3) is 9.61. The zero-order chi connectivity index (χ0) is 33.1. The second kappa shape index (κ2) is 16.5. The second-order valence-corrected chi connectivity index (χ2v) is 10.8. The molecular formula is C33H39ClO11. The Hall–Kier alpha value is -3.77. The lowest BCUT2D eigenvalue weighted by atomic mass is 9.86. The number of benzene rings is 2. The lowest BCUT2D eigenvalue weighted by Crippen LogP contribution is -2.67. The zero-order valence-electron chi connectivity index (χ0n) is 26.0. The van der Waals surface area contributed by atoms with Gasteiger partial charge in [0, 0.05) is 45.4 Å². The summed E-state index contributed by atoms with van der Waals surface area (Å²) in [5.74, 6) is -4.77. The molecule has 3 rings (SSSR count). The van der Waals surface area contributed by atoms with Crippen molar-refractivity contribution >= 4 is 35.5 Å². The van der Waals surface area contributed by atoms with E-state index in [0.29, 0.717) is 35.8 Å². The third-order valence-electron chi connectivity index (χ3n) is 6.98. The average Bonchev–Trinajstić information content (AvgIpc) is 2.98. The first-order valence-corrected chi connectivity index (χ1v) is 14.7. The molecule has 0 N–H and O–H groups in total. The Bertz CT molecular complexity index is 1360. The van der Waals surface area contributed by atoms with Crippen LogP contribution in [0.15, 0.2) is 55.1 Å². The number of hydrogen-bond donors (Lipinski definition) is 0. The second-order valence-electron chi connectivity index (χ2n) is 10.4. The molecule has 1 heterocycles. The van der Waals surface area contributed by atoms with E-state index in [1.165, 1.54) is 21.0 Å². The Labute approximate surface area is 267 Å². The van der Waals surface area contributed by atoms with E-state index in [2.05, 4.69) is 6.58 Å². The number of hydrogen-bond acceptors (Lipinski definition) is 11. The molecule has 0 saturated carbocycles. The standard InChI is InChI=1S/C33H39ClO11/c1-7-15-40-16-14-24-8-10-25(11-9-24)17-26-18-27(12-13-28(26)34)33(39-6)32(44-23(5)38)31(43-22(4)37)30(42-21(3)36)29(45-33)19-41-20(2)35/h7-13,18,29-32H,1,14-17,19H2,2-6H3/t29-,30-,31+,32-,33+/m1/s1. The van der Waals surface area contributed by atoms with Gasteiger partial charge in [-0.15, -0.1) is 6.58 Å². The van der Waals surface area contributed by atoms with E-state index in [9.17, 15) is 19.2 Å². The van der Waals surface area contributed by atoms with Gasteiger partial charge in [0.05, 0.1) is 13.2 Å². The van der Waals surface area contributed by atoms with Crippen LogP contribution in [0.1, 0.15) is 49.9 Å². The van der Waals surface area contributed by atoms with E-state index in [0.717, 1.165) is 31.4 Å². The molecule has 1 fully saturated rings. The van der Waals surface area contributed by atoms with Crippen LogP contribution in [0.25, 0.3) is 0 Å². The van der Waals surface area contributed by atoms with Gasteiger partial charge in [0.2, 0.25) is 11.9 Å². The molecule has 0 aromatic heterocycles. The molecule has 2 aromatic carbocycles. The molecule has 1 saturated heterocycles. The molecule has 0 aliphatic carbocycles. The third-order valence-corrected chi connectivity index (χ3v) is 7.35. The Kier molecular flexibility index (Phi) is 13.1. The Morgan fingerprint density at radius 3 is 2.09 bits per heavy atom. The Morgan fingerprint density at radius 2 is 1.51 bits per heavy atom. The molecule has 0 spiro atoms. The summed E-state index contributed by atoms with van der Waals surface area (Å²) in [5.41, 5.74) is 3.13. The van der Waals surface area contributed by atoms with Crippen molar-refractivity contribution in [2.75, 3.05) is 26.9 Å². The molecule has 5 atom stereocenters. The van der Waals surface area contributed by atoms with Crippen molar-refractivity contribution < 1.29 is 52.3 Å². The van der Waals surface area contributed by atoms with Gasteiger partial charge in [-0.1, -0.05) is 48.0 Å². The molecule has 11 nitrogen and oxygen atoms in total. The zero-order valence-corrected chi connectivity index (χ0v) is 26.8. The number of halogens is 1. The van der Waals surface area contributed by atoms with E-state index in [4.69, 9.17) is 44.8 Å². The van der Waals surface area contributed by atoms with Crippen LogP contribution >= 0.6 is 11.6 Å². The maximum absolute atomic E-state index is 12.4. The van der Waals surface area contributed by atoms with Crippen molar-refractivity contribution in [3.05, 3.63) is 82.4 Å². The fourth-order valence-corrected chi connectivity index (χ4v) is 5.29. The maximum Gasteiger partial charge on any atom is 0.303 e. The smallest absolute Gasteiger partial charge is 0.303 e. The number of carbonyl (C=O) groups is 4. The predicted octanol–water partition coefficient (Wildman–Crippen LogP) is 4.23. The minimum Gasteiger partial charge on any atom is -0.463 e. The van der Waals surface area contributed by atoms with Crippen molar-refractivity contribution in [3.63, 3.8) is 0 Å². The van der Waals surface area contributed by atoms with Gasteiger partial charge >= 0.3 is 23.9 Å². The van der Waals surface area contributed by atoms with Crippen LogP contribution in [0.4, 0.5) is 0 Å². The number of ether oxygens (including phenoxy) is 7. The molecule has 2 aromatic rings. The SMILES string of the molecule is C=CCOCCc1ccc(Cc2cc([C@]3(OC)O[C@H](COC(C)=O)[C@@H](OC(C)=O)[C@H](OC(C)=O)[C@H]3OC(C)=O)ccc2Cl)cc1. The average molecular weight is 647 g/mol. The van der Waals surface area contributed by atoms with Crippen molar-refractivity contribution in [1.29, 1.82) is 0 Å². The normalized spacial score (nSPS) is 22.6. The van der Waals surface area contributed by atoms with Gasteiger partial charge in [0.1, 0.15) is 12.7 Å². The van der Waals surface area contributed by atoms with E-state index >= 15 is 0 Å². The van der Waals surface area contributed by atoms with Crippen LogP contribution in [-0.4, -0.2) is 75.2 Å². The molecule has 1 aliphatic heterocycles. The van der Waals surface area contributed by atoms with Crippen LogP contribution in [-0.2, 0) is 71.0 Å². The van der Waals surface area contributed by atoms with E-state index in [1.807, 2.05) is 24.3 Å². The maximum atomic E-state index is 12.4. The summed E-state index contributed by atoms with van der Waals surface area (Å²) < 4.78 is 39.8. The molecule has 12 heteroatoms. The minimum absolute atomic E-state index is 0.359. The quantitative estimate of drug-likeness (QED) is 0.126. The molecule has 1 aliphatic rings.